The lowest BCUT2D eigenvalue weighted by Gasteiger charge is -2.21. The summed E-state index contributed by atoms with van der Waals surface area (Å²) in [6.07, 6.45) is 78.0. The lowest BCUT2D eigenvalue weighted by Crippen LogP contribution is -2.30. The van der Waals surface area contributed by atoms with Gasteiger partial charge in [0.1, 0.15) is 19.3 Å². The third-order valence-electron chi connectivity index (χ3n) is 20.9. The maximum Gasteiger partial charge on any atom is 0.472 e. The van der Waals surface area contributed by atoms with E-state index in [-0.39, 0.29) is 25.7 Å². The van der Waals surface area contributed by atoms with E-state index in [2.05, 4.69) is 27.7 Å². The highest BCUT2D eigenvalue weighted by Gasteiger charge is 2.30. The smallest absolute Gasteiger partial charge is 0.462 e. The number of hydrogen-bond donors (Lipinski definition) is 3. The van der Waals surface area contributed by atoms with Gasteiger partial charge in [-0.1, -0.05) is 432 Å². The van der Waals surface area contributed by atoms with Crippen molar-refractivity contribution < 1.29 is 80.2 Å². The zero-order valence-corrected chi connectivity index (χ0v) is 71.9. The maximum atomic E-state index is 13.2. The lowest BCUT2D eigenvalue weighted by atomic mass is 10.0. The second kappa shape index (κ2) is 82.1. The molecule has 636 valence electrons. The Kier molecular flexibility index (Phi) is 80.6. The zero-order valence-electron chi connectivity index (χ0n) is 70.1. The Morgan fingerprint density at radius 2 is 0.374 bits per heavy atom. The standard InChI is InChI=1S/C88H172O17P2/c1-5-9-13-17-21-25-28-31-34-37-39-41-42-44-47-50-53-56-59-63-67-71-75-88(93)105-84(79-99-86(91)73-69-65-61-57-54-51-48-46-43-40-38-35-32-29-26-22-18-14-10-6-2)81-103-107(96,97)101-77-82(89)76-100-106(94,95)102-80-83(78-98-85(90)72-68-64-60-24-20-16-12-8-4)104-87(92)74-70-66-62-58-55-52-49-45-36-33-30-27-23-19-15-11-7-3/h82-84,89H,5-81H2,1-4H3,(H,94,95)(H,96,97)/t82-,83+,84+/m0/s1. The highest BCUT2D eigenvalue weighted by atomic mass is 31.2. The molecule has 0 spiro atoms. The van der Waals surface area contributed by atoms with Crippen molar-refractivity contribution in [2.24, 2.45) is 0 Å². The number of unbranched alkanes of at least 4 members (excludes halogenated alkanes) is 63. The minimum absolute atomic E-state index is 0.109. The van der Waals surface area contributed by atoms with Crippen LogP contribution in [0.25, 0.3) is 0 Å². The van der Waals surface area contributed by atoms with Gasteiger partial charge in [0.25, 0.3) is 0 Å². The van der Waals surface area contributed by atoms with E-state index in [0.717, 1.165) is 89.9 Å². The molecule has 0 saturated heterocycles. The van der Waals surface area contributed by atoms with Crippen LogP contribution in [0.15, 0.2) is 0 Å². The number of phosphoric ester groups is 2. The first kappa shape index (κ1) is 105. The number of aliphatic hydroxyl groups excluding tert-OH is 1. The molecule has 17 nitrogen and oxygen atoms in total. The first-order valence-electron chi connectivity index (χ1n) is 45.8. The summed E-state index contributed by atoms with van der Waals surface area (Å²) in [5.74, 6) is -2.10. The first-order chi connectivity index (χ1) is 52.2. The van der Waals surface area contributed by atoms with Gasteiger partial charge in [-0.15, -0.1) is 0 Å². The number of phosphoric acid groups is 2. The van der Waals surface area contributed by atoms with Crippen LogP contribution in [0.3, 0.4) is 0 Å². The number of hydrogen-bond acceptors (Lipinski definition) is 15. The molecule has 0 rings (SSSR count). The molecule has 0 heterocycles. The van der Waals surface area contributed by atoms with Crippen LogP contribution in [0.4, 0.5) is 0 Å². The van der Waals surface area contributed by atoms with Crippen LogP contribution < -0.4 is 0 Å². The molecule has 0 aromatic heterocycles. The Morgan fingerprint density at radius 1 is 0.224 bits per heavy atom. The Labute approximate surface area is 658 Å². The van der Waals surface area contributed by atoms with Crippen LogP contribution >= 0.6 is 15.6 Å². The fourth-order valence-corrected chi connectivity index (χ4v) is 15.5. The SMILES string of the molecule is CCCCCCCCCCCCCCCCCCCCCCCCC(=O)O[C@H](COC(=O)CCCCCCCCCCCCCCCCCCCCCC)COP(=O)(O)OC[C@@H](O)COP(=O)(O)OC[C@@H](COC(=O)CCCCCCCCCC)OC(=O)CCCCCCCCCCCCCCCCCCC. The average Bonchev–Trinajstić information content (AvgIpc) is 0.901. The minimum Gasteiger partial charge on any atom is -0.462 e. The van der Waals surface area contributed by atoms with Crippen LogP contribution in [0.5, 0.6) is 0 Å². The molecule has 3 N–H and O–H groups in total. The highest BCUT2D eigenvalue weighted by Crippen LogP contribution is 2.45. The van der Waals surface area contributed by atoms with Crippen LogP contribution in [0.2, 0.25) is 0 Å². The molecule has 0 aliphatic carbocycles. The monoisotopic (exact) mass is 1560 g/mol. The Hall–Kier alpha value is -1.94. The van der Waals surface area contributed by atoms with Crippen molar-refractivity contribution in [1.82, 2.24) is 0 Å². The van der Waals surface area contributed by atoms with Crippen molar-refractivity contribution in [2.45, 2.75) is 502 Å². The number of aliphatic hydroxyl groups is 1. The summed E-state index contributed by atoms with van der Waals surface area (Å²) in [7, 11) is -9.92. The number of carbonyl (C=O) groups excluding carboxylic acids is 4. The fourth-order valence-electron chi connectivity index (χ4n) is 13.9. The van der Waals surface area contributed by atoms with Crippen LogP contribution in [0.1, 0.15) is 484 Å². The van der Waals surface area contributed by atoms with Crippen molar-refractivity contribution >= 4 is 39.5 Å². The van der Waals surface area contributed by atoms with Gasteiger partial charge in [0.15, 0.2) is 12.2 Å². The number of rotatable bonds is 89. The Morgan fingerprint density at radius 3 is 0.551 bits per heavy atom. The zero-order chi connectivity index (χ0) is 78.1. The number of ether oxygens (including phenoxy) is 4. The van der Waals surface area contributed by atoms with E-state index in [0.29, 0.717) is 25.7 Å². The van der Waals surface area contributed by atoms with Gasteiger partial charge in [-0.2, -0.15) is 0 Å². The summed E-state index contributed by atoms with van der Waals surface area (Å²) in [5.41, 5.74) is 0. The van der Waals surface area contributed by atoms with Crippen molar-refractivity contribution in [3.8, 4) is 0 Å². The quantitative estimate of drug-likeness (QED) is 0.0222. The molecule has 0 aliphatic rings. The van der Waals surface area contributed by atoms with E-state index in [4.69, 9.17) is 37.0 Å². The van der Waals surface area contributed by atoms with Crippen molar-refractivity contribution in [3.63, 3.8) is 0 Å². The van der Waals surface area contributed by atoms with Gasteiger partial charge in [-0.3, -0.25) is 37.3 Å². The summed E-state index contributed by atoms with van der Waals surface area (Å²) in [6.45, 7) is 5.04. The minimum atomic E-state index is -4.97. The van der Waals surface area contributed by atoms with Crippen molar-refractivity contribution in [1.29, 1.82) is 0 Å². The number of esters is 4. The Balaban J connectivity index is 5.17. The third kappa shape index (κ3) is 81.9. The van der Waals surface area contributed by atoms with Gasteiger partial charge in [0, 0.05) is 25.7 Å². The van der Waals surface area contributed by atoms with Crippen LogP contribution in [0, 0.1) is 0 Å². The molecule has 107 heavy (non-hydrogen) atoms. The lowest BCUT2D eigenvalue weighted by molar-refractivity contribution is -0.161. The third-order valence-corrected chi connectivity index (χ3v) is 22.8. The van der Waals surface area contributed by atoms with E-state index < -0.39 is 97.5 Å². The summed E-state index contributed by atoms with van der Waals surface area (Å²) in [6, 6.07) is 0. The van der Waals surface area contributed by atoms with E-state index in [1.165, 1.54) is 315 Å². The molecule has 5 atom stereocenters. The summed E-state index contributed by atoms with van der Waals surface area (Å²) >= 11 is 0. The van der Waals surface area contributed by atoms with Gasteiger partial charge in [-0.25, -0.2) is 9.13 Å². The molecule has 0 fully saturated rings. The average molecular weight is 1560 g/mol. The molecular weight excluding hydrogens is 1390 g/mol. The molecule has 0 radical (unpaired) electrons. The maximum absolute atomic E-state index is 13.2. The predicted octanol–water partition coefficient (Wildman–Crippen LogP) is 27.3. The topological polar surface area (TPSA) is 237 Å². The largest absolute Gasteiger partial charge is 0.472 e. The van der Waals surface area contributed by atoms with Gasteiger partial charge >= 0.3 is 39.5 Å². The van der Waals surface area contributed by atoms with E-state index in [1.54, 1.807) is 0 Å². The summed E-state index contributed by atoms with van der Waals surface area (Å²) in [5, 5.41) is 10.7. The molecule has 0 aliphatic heterocycles. The Bertz CT molecular complexity index is 2020. The molecule has 0 aromatic rings. The molecule has 0 amide bonds. The van der Waals surface area contributed by atoms with Gasteiger partial charge in [0.05, 0.1) is 26.4 Å². The molecule has 0 bridgehead atoms. The van der Waals surface area contributed by atoms with Crippen LogP contribution in [-0.4, -0.2) is 96.7 Å². The van der Waals surface area contributed by atoms with E-state index in [1.807, 2.05) is 0 Å². The molecule has 0 saturated carbocycles. The molecule has 0 aromatic carbocycles. The predicted molar refractivity (Wildman–Crippen MR) is 442 cm³/mol. The van der Waals surface area contributed by atoms with Gasteiger partial charge in [-0.05, 0) is 25.7 Å². The number of carbonyl (C=O) groups is 4. The van der Waals surface area contributed by atoms with E-state index in [9.17, 15) is 43.2 Å². The van der Waals surface area contributed by atoms with E-state index >= 15 is 0 Å². The van der Waals surface area contributed by atoms with Gasteiger partial charge in [0.2, 0.25) is 0 Å². The summed E-state index contributed by atoms with van der Waals surface area (Å²) in [4.78, 5) is 73.2. The fraction of sp³-hybridized carbons (Fsp3) is 0.955. The molecule has 2 unspecified atom stereocenters. The second-order valence-corrected chi connectivity index (χ2v) is 34.5. The normalized spacial score (nSPS) is 13.7. The molecular formula is C88H172O17P2. The highest BCUT2D eigenvalue weighted by molar-refractivity contribution is 7.47. The molecule has 19 heteroatoms. The van der Waals surface area contributed by atoms with Crippen molar-refractivity contribution in [3.05, 3.63) is 0 Å². The van der Waals surface area contributed by atoms with Crippen LogP contribution in [-0.2, 0) is 65.4 Å². The second-order valence-electron chi connectivity index (χ2n) is 31.6. The summed E-state index contributed by atoms with van der Waals surface area (Å²) < 4.78 is 68.9. The first-order valence-corrected chi connectivity index (χ1v) is 48.8. The van der Waals surface area contributed by atoms with Crippen molar-refractivity contribution in [2.75, 3.05) is 39.6 Å². The van der Waals surface area contributed by atoms with Gasteiger partial charge < -0.3 is 33.8 Å².